The molecule has 0 N–H and O–H groups in total. The monoisotopic (exact) mass is 165 g/mol. The predicted octanol–water partition coefficient (Wildman–Crippen LogP) is -5.71. The molecule has 0 aromatic carbocycles. The van der Waals surface area contributed by atoms with Crippen molar-refractivity contribution in [3.63, 3.8) is 0 Å². The van der Waals surface area contributed by atoms with Crippen molar-refractivity contribution in [1.82, 2.24) is 0 Å². The van der Waals surface area contributed by atoms with Crippen LogP contribution in [0.5, 0.6) is 0 Å². The fourth-order valence-corrected chi connectivity index (χ4v) is 1.03. The summed E-state index contributed by atoms with van der Waals surface area (Å²) in [5.74, 6) is 0. The molecule has 15 heteroatoms. The van der Waals surface area contributed by atoms with Gasteiger partial charge in [0, 0.05) is 107 Å². The van der Waals surface area contributed by atoms with Gasteiger partial charge in [-0.05, 0) is 0 Å². The van der Waals surface area contributed by atoms with E-state index in [1.165, 1.54) is 7.06 Å². The lowest BCUT2D eigenvalue weighted by Gasteiger charge is -2.27. The zero-order valence-corrected chi connectivity index (χ0v) is 8.66. The van der Waals surface area contributed by atoms with Gasteiger partial charge in [-0.25, -0.2) is 0 Å². The normalized spacial score (nSPS) is 8.80. The molecule has 0 heterocycles. The molecule has 0 saturated carbocycles. The first kappa shape index (κ1) is 16.0. The smallest absolute Gasteiger partial charge is 0 e. The van der Waals surface area contributed by atoms with Gasteiger partial charge in [-0.2, -0.15) is 0 Å². The van der Waals surface area contributed by atoms with Gasteiger partial charge in [0.05, 0.1) is 0 Å². The Bertz CT molecular complexity index is 157. The lowest BCUT2D eigenvalue weighted by molar-refractivity contribution is 3.49. The van der Waals surface area contributed by atoms with Crippen molar-refractivity contribution < 1.29 is 0 Å². The molecule has 0 aromatic heterocycles. The summed E-state index contributed by atoms with van der Waals surface area (Å²) in [7, 11) is 45.7. The molecule has 0 aliphatic heterocycles. The van der Waals surface area contributed by atoms with Crippen LogP contribution in [0.3, 0.4) is 0 Å². The van der Waals surface area contributed by atoms with E-state index in [9.17, 15) is 0 Å². The summed E-state index contributed by atoms with van der Waals surface area (Å²) >= 11 is 0. The maximum Gasteiger partial charge on any atom is 0 e. The predicted molar refractivity (Wildman–Crippen MR) is 86.3 cm³/mol. The Morgan fingerprint density at radius 3 is 1.33 bits per heavy atom. The summed E-state index contributed by atoms with van der Waals surface area (Å²) in [6.07, 6.45) is -3.73. The van der Waals surface area contributed by atoms with Gasteiger partial charge in [0.25, 0.3) is 0 Å². The Hall–Kier alpha value is 0.974. The number of hydrogen-bond acceptors (Lipinski definition) is 0. The summed E-state index contributed by atoms with van der Waals surface area (Å²) in [5, 5.41) is 0. The SMILES string of the molecule is [B]B([B])B([B])[B]B([B])B([B])B([B])B([B])[B]. The topological polar surface area (TPSA) is 0 Å². The minimum Gasteiger partial charge on any atom is 0 e. The van der Waals surface area contributed by atoms with Crippen LogP contribution in [0.25, 0.3) is 0 Å². The van der Waals surface area contributed by atoms with Crippen molar-refractivity contribution in [3.8, 4) is 0 Å². The molecule has 0 fully saturated rings. The zero-order valence-electron chi connectivity index (χ0n) is 8.66. The van der Waals surface area contributed by atoms with Gasteiger partial charge < -0.3 is 0 Å². The van der Waals surface area contributed by atoms with Crippen molar-refractivity contribution in [2.24, 2.45) is 0 Å². The average molecular weight is 162 g/mol. The van der Waals surface area contributed by atoms with Crippen LogP contribution in [-0.4, -0.2) is 107 Å². The van der Waals surface area contributed by atoms with Gasteiger partial charge in [-0.15, -0.1) is 0 Å². The van der Waals surface area contributed by atoms with E-state index in [0.717, 1.165) is 0 Å². The third-order valence-electron chi connectivity index (χ3n) is 2.22. The van der Waals surface area contributed by atoms with E-state index >= 15 is 0 Å². The van der Waals surface area contributed by atoms with Crippen LogP contribution in [0.15, 0.2) is 0 Å². The van der Waals surface area contributed by atoms with Crippen LogP contribution in [-0.2, 0) is 0 Å². The molecule has 0 aliphatic rings. The van der Waals surface area contributed by atoms with Crippen molar-refractivity contribution in [3.05, 3.63) is 0 Å². The zero-order chi connectivity index (χ0) is 12.2. The average Bonchev–Trinajstić information content (AvgIpc) is 2.14. The summed E-state index contributed by atoms with van der Waals surface area (Å²) < 4.78 is 0. The van der Waals surface area contributed by atoms with Crippen LogP contribution in [0, 0.1) is 0 Å². The molecule has 0 spiro atoms. The lowest BCUT2D eigenvalue weighted by Crippen LogP contribution is -2.65. The molecular formula is B15. The molecule has 0 aliphatic carbocycles. The second-order valence-electron chi connectivity index (χ2n) is 3.66. The fraction of sp³-hybridized carbons (Fsp3) is 0. The number of hydrogen-bond donors (Lipinski definition) is 0. The Morgan fingerprint density at radius 2 is 1.00 bits per heavy atom. The van der Waals surface area contributed by atoms with E-state index in [4.69, 9.17) is 61.9 Å². The third-order valence-corrected chi connectivity index (χ3v) is 2.22. The van der Waals surface area contributed by atoms with Gasteiger partial charge in [0.1, 0.15) is 0 Å². The maximum absolute atomic E-state index is 5.73. The van der Waals surface area contributed by atoms with Crippen LogP contribution < -0.4 is 0 Å². The minimum absolute atomic E-state index is 0.549. The van der Waals surface area contributed by atoms with Crippen molar-refractivity contribution in [1.29, 1.82) is 0 Å². The van der Waals surface area contributed by atoms with E-state index in [0.29, 0.717) is 0 Å². The standard InChI is InChI=1S/B15/c1-10(2)12(5)9-13(6)15(8)14(7)11(3)4. The quantitative estimate of drug-likeness (QED) is 0.341. The molecule has 0 saturated heterocycles. The molecular weight excluding hydrogens is 162 g/mol. The molecule has 15 heavy (non-hydrogen) atoms. The van der Waals surface area contributed by atoms with Crippen LogP contribution in [0.4, 0.5) is 0 Å². The van der Waals surface area contributed by atoms with E-state index in [-0.39, 0.29) is 0 Å². The highest BCUT2D eigenvalue weighted by Gasteiger charge is 2.28. The highest BCUT2D eigenvalue weighted by molar-refractivity contribution is 8.03. The third kappa shape index (κ3) is 5.73. The summed E-state index contributed by atoms with van der Waals surface area (Å²) in [4.78, 5) is 0. The van der Waals surface area contributed by atoms with Gasteiger partial charge in [-0.1, -0.05) is 0 Å². The second kappa shape index (κ2) is 7.33. The summed E-state index contributed by atoms with van der Waals surface area (Å²) in [6, 6.07) is 0. The van der Waals surface area contributed by atoms with E-state index in [1.807, 2.05) is 0 Å². The van der Waals surface area contributed by atoms with Crippen molar-refractivity contribution >= 4 is 107 Å². The van der Waals surface area contributed by atoms with Crippen LogP contribution in [0.2, 0.25) is 0 Å². The van der Waals surface area contributed by atoms with Crippen molar-refractivity contribution in [2.45, 2.75) is 0 Å². The first-order valence-electron chi connectivity index (χ1n) is 4.67. The van der Waals surface area contributed by atoms with Gasteiger partial charge in [0.15, 0.2) is 0 Å². The molecule has 0 amide bonds. The summed E-state index contributed by atoms with van der Waals surface area (Å²) in [6.45, 7) is 0. The van der Waals surface area contributed by atoms with Gasteiger partial charge in [-0.3, -0.25) is 0 Å². The maximum atomic E-state index is 5.73. The largest absolute Gasteiger partial charge is 0 e. The minimum atomic E-state index is -0.734. The van der Waals surface area contributed by atoms with Gasteiger partial charge >= 0.3 is 0 Å². The fourth-order valence-electron chi connectivity index (χ4n) is 1.03. The van der Waals surface area contributed by atoms with E-state index in [1.54, 1.807) is 0 Å². The first-order chi connectivity index (χ1) is 6.77. The van der Waals surface area contributed by atoms with E-state index < -0.39 is 38.3 Å². The molecule has 45 valence electrons. The highest BCUT2D eigenvalue weighted by Crippen LogP contribution is 1.89. The highest BCUT2D eigenvalue weighted by atomic mass is 13.1. The second-order valence-corrected chi connectivity index (χ2v) is 3.66. The van der Waals surface area contributed by atoms with Crippen molar-refractivity contribution in [2.75, 3.05) is 0 Å². The molecule has 0 unspecified atom stereocenters. The number of rotatable bonds is 6. The molecule has 17 radical (unpaired) electrons. The Morgan fingerprint density at radius 1 is 0.533 bits per heavy atom. The molecule has 0 rings (SSSR count). The Balaban J connectivity index is 4.14. The molecule has 0 nitrogen and oxygen atoms in total. The molecule has 0 bridgehead atoms. The summed E-state index contributed by atoms with van der Waals surface area (Å²) in [5.41, 5.74) is 0. The van der Waals surface area contributed by atoms with Crippen LogP contribution in [0.1, 0.15) is 0 Å². The molecule has 0 aromatic rings. The first-order valence-corrected chi connectivity index (χ1v) is 4.67. The molecule has 0 atom stereocenters. The Kier molecular flexibility index (Phi) is 7.81. The Labute approximate surface area is 107 Å². The lowest BCUT2D eigenvalue weighted by atomic mass is 8.55. The van der Waals surface area contributed by atoms with Gasteiger partial charge in [0.2, 0.25) is 0 Å². The van der Waals surface area contributed by atoms with E-state index in [2.05, 4.69) is 0 Å². The van der Waals surface area contributed by atoms with Crippen LogP contribution >= 0.6 is 0 Å².